The number of benzene rings is 1. The molecule has 0 bridgehead atoms. The van der Waals surface area contributed by atoms with Crippen LogP contribution in [0.1, 0.15) is 40.3 Å². The van der Waals surface area contributed by atoms with E-state index < -0.39 is 0 Å². The van der Waals surface area contributed by atoms with Crippen LogP contribution in [0.15, 0.2) is 28.7 Å². The van der Waals surface area contributed by atoms with Gasteiger partial charge in [-0.3, -0.25) is 0 Å². The summed E-state index contributed by atoms with van der Waals surface area (Å²) in [5, 5.41) is 4.42. The van der Waals surface area contributed by atoms with E-state index in [9.17, 15) is 0 Å². The SMILES string of the molecule is CCCNC(c1cc(C)sc1C)c1cccc(Br)c1Cl. The molecule has 0 saturated carbocycles. The first-order valence-corrected chi connectivity index (χ1v) is 8.77. The number of hydrogen-bond acceptors (Lipinski definition) is 2. The third kappa shape index (κ3) is 3.45. The van der Waals surface area contributed by atoms with Gasteiger partial charge in [-0.1, -0.05) is 30.7 Å². The van der Waals surface area contributed by atoms with Crippen LogP contribution >= 0.6 is 38.9 Å². The summed E-state index contributed by atoms with van der Waals surface area (Å²) < 4.78 is 0.949. The first-order chi connectivity index (χ1) is 9.54. The lowest BCUT2D eigenvalue weighted by atomic mass is 9.99. The second-order valence-corrected chi connectivity index (χ2v) is 7.59. The molecule has 2 aromatic rings. The fourth-order valence-electron chi connectivity index (χ4n) is 2.36. The number of nitrogens with one attached hydrogen (secondary N) is 1. The second-order valence-electron chi connectivity index (χ2n) is 4.90. The molecule has 0 aliphatic rings. The quantitative estimate of drug-likeness (QED) is 0.692. The molecule has 0 aliphatic carbocycles. The molecule has 1 aromatic carbocycles. The van der Waals surface area contributed by atoms with E-state index in [2.05, 4.69) is 54.2 Å². The maximum Gasteiger partial charge on any atom is 0.0602 e. The molecule has 0 spiro atoms. The van der Waals surface area contributed by atoms with Crippen LogP contribution in [0.3, 0.4) is 0 Å². The van der Waals surface area contributed by atoms with Crippen LogP contribution in [0.5, 0.6) is 0 Å². The number of aryl methyl sites for hydroxylation is 2. The molecule has 2 rings (SSSR count). The highest BCUT2D eigenvalue weighted by Gasteiger charge is 2.20. The molecule has 0 saturated heterocycles. The van der Waals surface area contributed by atoms with Gasteiger partial charge in [0.2, 0.25) is 0 Å². The minimum absolute atomic E-state index is 0.157. The first-order valence-electron chi connectivity index (χ1n) is 6.78. The van der Waals surface area contributed by atoms with Gasteiger partial charge in [-0.15, -0.1) is 11.3 Å². The molecular formula is C16H19BrClNS. The van der Waals surface area contributed by atoms with Gasteiger partial charge in [-0.2, -0.15) is 0 Å². The van der Waals surface area contributed by atoms with Crippen LogP contribution < -0.4 is 5.32 Å². The van der Waals surface area contributed by atoms with E-state index >= 15 is 0 Å². The molecule has 1 unspecified atom stereocenters. The van der Waals surface area contributed by atoms with Crippen molar-refractivity contribution in [3.63, 3.8) is 0 Å². The molecule has 4 heteroatoms. The fraction of sp³-hybridized carbons (Fsp3) is 0.375. The Labute approximate surface area is 138 Å². The monoisotopic (exact) mass is 371 g/mol. The number of hydrogen-bond donors (Lipinski definition) is 1. The summed E-state index contributed by atoms with van der Waals surface area (Å²) in [6.07, 6.45) is 1.10. The Morgan fingerprint density at radius 3 is 2.65 bits per heavy atom. The topological polar surface area (TPSA) is 12.0 Å². The molecule has 0 radical (unpaired) electrons. The minimum Gasteiger partial charge on any atom is -0.306 e. The van der Waals surface area contributed by atoms with Crippen molar-refractivity contribution in [2.75, 3.05) is 6.54 Å². The predicted octanol–water partition coefficient (Wildman–Crippen LogP) is 5.87. The number of halogens is 2. The Bertz CT molecular complexity index is 594. The van der Waals surface area contributed by atoms with Crippen molar-refractivity contribution in [2.24, 2.45) is 0 Å². The zero-order valence-corrected chi connectivity index (χ0v) is 15.1. The van der Waals surface area contributed by atoms with Crippen LogP contribution in [0.25, 0.3) is 0 Å². The second kappa shape index (κ2) is 7.08. The standard InChI is InChI=1S/C16H19BrClNS/c1-4-8-19-16(13-9-10(2)20-11(13)3)12-6-5-7-14(17)15(12)18/h5-7,9,16,19H,4,8H2,1-3H3. The maximum absolute atomic E-state index is 6.49. The summed E-state index contributed by atoms with van der Waals surface area (Å²) in [5.74, 6) is 0. The molecule has 1 N–H and O–H groups in total. The largest absolute Gasteiger partial charge is 0.306 e. The van der Waals surface area contributed by atoms with Crippen molar-refractivity contribution < 1.29 is 0 Å². The minimum atomic E-state index is 0.157. The van der Waals surface area contributed by atoms with E-state index in [-0.39, 0.29) is 6.04 Å². The zero-order chi connectivity index (χ0) is 14.7. The highest BCUT2D eigenvalue weighted by molar-refractivity contribution is 9.10. The van der Waals surface area contributed by atoms with Gasteiger partial charge in [0.15, 0.2) is 0 Å². The number of rotatable bonds is 5. The van der Waals surface area contributed by atoms with E-state index in [1.165, 1.54) is 15.3 Å². The van der Waals surface area contributed by atoms with Crippen molar-refractivity contribution in [3.05, 3.63) is 54.6 Å². The van der Waals surface area contributed by atoms with Crippen LogP contribution in [0, 0.1) is 13.8 Å². The van der Waals surface area contributed by atoms with E-state index in [1.54, 1.807) is 0 Å². The molecular weight excluding hydrogens is 354 g/mol. The lowest BCUT2D eigenvalue weighted by Crippen LogP contribution is -2.23. The molecule has 0 amide bonds. The summed E-state index contributed by atoms with van der Waals surface area (Å²) in [4.78, 5) is 2.69. The Kier molecular flexibility index (Phi) is 5.67. The van der Waals surface area contributed by atoms with Gasteiger partial charge in [0, 0.05) is 14.2 Å². The summed E-state index contributed by atoms with van der Waals surface area (Å²) in [6, 6.07) is 8.55. The van der Waals surface area contributed by atoms with Crippen molar-refractivity contribution in [3.8, 4) is 0 Å². The molecule has 0 fully saturated rings. The normalized spacial score (nSPS) is 12.7. The van der Waals surface area contributed by atoms with Crippen LogP contribution in [0.2, 0.25) is 5.02 Å². The maximum atomic E-state index is 6.49. The highest BCUT2D eigenvalue weighted by Crippen LogP contribution is 2.36. The summed E-state index contributed by atoms with van der Waals surface area (Å²) in [6.45, 7) is 7.49. The third-order valence-electron chi connectivity index (χ3n) is 3.28. The van der Waals surface area contributed by atoms with Gasteiger partial charge in [-0.25, -0.2) is 0 Å². The smallest absolute Gasteiger partial charge is 0.0602 e. The summed E-state index contributed by atoms with van der Waals surface area (Å²) in [7, 11) is 0. The van der Waals surface area contributed by atoms with Crippen molar-refractivity contribution in [1.82, 2.24) is 5.32 Å². The van der Waals surface area contributed by atoms with E-state index in [0.29, 0.717) is 0 Å². The molecule has 108 valence electrons. The molecule has 0 aliphatic heterocycles. The lowest BCUT2D eigenvalue weighted by molar-refractivity contribution is 0.598. The first kappa shape index (κ1) is 16.0. The van der Waals surface area contributed by atoms with Gasteiger partial charge in [0.25, 0.3) is 0 Å². The molecule has 1 aromatic heterocycles. The zero-order valence-electron chi connectivity index (χ0n) is 12.0. The van der Waals surface area contributed by atoms with Crippen LogP contribution in [-0.4, -0.2) is 6.54 Å². The average molecular weight is 373 g/mol. The molecule has 1 atom stereocenters. The van der Waals surface area contributed by atoms with Gasteiger partial charge in [0.1, 0.15) is 0 Å². The van der Waals surface area contributed by atoms with E-state index in [4.69, 9.17) is 11.6 Å². The Morgan fingerprint density at radius 1 is 1.30 bits per heavy atom. The molecule has 20 heavy (non-hydrogen) atoms. The van der Waals surface area contributed by atoms with Crippen molar-refractivity contribution >= 4 is 38.9 Å². The van der Waals surface area contributed by atoms with E-state index in [1.807, 2.05) is 23.5 Å². The summed E-state index contributed by atoms with van der Waals surface area (Å²) >= 11 is 11.9. The van der Waals surface area contributed by atoms with Gasteiger partial charge in [-0.05, 0) is 66.0 Å². The van der Waals surface area contributed by atoms with Gasteiger partial charge < -0.3 is 5.32 Å². The van der Waals surface area contributed by atoms with E-state index in [0.717, 1.165) is 28.0 Å². The van der Waals surface area contributed by atoms with Crippen molar-refractivity contribution in [2.45, 2.75) is 33.2 Å². The highest BCUT2D eigenvalue weighted by atomic mass is 79.9. The van der Waals surface area contributed by atoms with Gasteiger partial charge >= 0.3 is 0 Å². The third-order valence-corrected chi connectivity index (χ3v) is 5.57. The average Bonchev–Trinajstić information content (AvgIpc) is 2.74. The van der Waals surface area contributed by atoms with Crippen LogP contribution in [0.4, 0.5) is 0 Å². The molecule has 1 nitrogen and oxygen atoms in total. The van der Waals surface area contributed by atoms with Gasteiger partial charge in [0.05, 0.1) is 11.1 Å². The Hall–Kier alpha value is -0.350. The molecule has 1 heterocycles. The van der Waals surface area contributed by atoms with Crippen molar-refractivity contribution in [1.29, 1.82) is 0 Å². The number of thiophene rings is 1. The van der Waals surface area contributed by atoms with Crippen LogP contribution in [-0.2, 0) is 0 Å². The predicted molar refractivity (Wildman–Crippen MR) is 93.1 cm³/mol. The fourth-order valence-corrected chi connectivity index (χ4v) is 3.94. The lowest BCUT2D eigenvalue weighted by Gasteiger charge is -2.21. The summed E-state index contributed by atoms with van der Waals surface area (Å²) in [5.41, 5.74) is 2.47. The Balaban J connectivity index is 2.47. The Morgan fingerprint density at radius 2 is 2.05 bits per heavy atom.